The van der Waals surface area contributed by atoms with Crippen molar-refractivity contribution in [3.05, 3.63) is 51.3 Å². The van der Waals surface area contributed by atoms with Crippen LogP contribution in [0, 0.1) is 0 Å². The zero-order chi connectivity index (χ0) is 16.7. The van der Waals surface area contributed by atoms with Crippen molar-refractivity contribution in [2.45, 2.75) is 0 Å². The number of aromatic amines is 1. The lowest BCUT2D eigenvalue weighted by Gasteiger charge is -2.32. The number of likely N-dealkylation sites (N-methyl/N-ethyl adjacent to an activating group) is 1. The van der Waals surface area contributed by atoms with Crippen LogP contribution in [0.25, 0.3) is 16.7 Å². The molecule has 1 fully saturated rings. The highest BCUT2D eigenvalue weighted by Gasteiger charge is 2.20. The van der Waals surface area contributed by atoms with Gasteiger partial charge in [0, 0.05) is 44.5 Å². The number of hydrogen-bond acceptors (Lipinski definition) is 6. The summed E-state index contributed by atoms with van der Waals surface area (Å²) in [6.07, 6.45) is 1.44. The molecule has 0 unspecified atom stereocenters. The molecule has 1 saturated heterocycles. The lowest BCUT2D eigenvalue weighted by atomic mass is 10.2. The maximum absolute atomic E-state index is 11.9. The summed E-state index contributed by atoms with van der Waals surface area (Å²) in [7, 11) is 2.10. The molecule has 1 N–H and O–H groups in total. The Bertz CT molecular complexity index is 995. The summed E-state index contributed by atoms with van der Waals surface area (Å²) in [6, 6.07) is 6.77. The van der Waals surface area contributed by atoms with Crippen molar-refractivity contribution in [3.63, 3.8) is 0 Å². The topological polar surface area (TPSA) is 87.4 Å². The minimum Gasteiger partial charge on any atom is -0.354 e. The Kier molecular flexibility index (Phi) is 3.46. The molecule has 3 heterocycles. The van der Waals surface area contributed by atoms with Crippen LogP contribution in [0.3, 0.4) is 0 Å². The monoisotopic (exact) mass is 327 g/mol. The lowest BCUT2D eigenvalue weighted by molar-refractivity contribution is 0.310. The molecule has 3 aromatic rings. The number of piperazine rings is 1. The van der Waals surface area contributed by atoms with Crippen molar-refractivity contribution in [1.82, 2.24) is 19.6 Å². The van der Waals surface area contributed by atoms with Crippen LogP contribution in [0.4, 0.5) is 5.82 Å². The van der Waals surface area contributed by atoms with E-state index in [2.05, 4.69) is 27.0 Å². The second kappa shape index (κ2) is 5.64. The first-order valence-corrected chi connectivity index (χ1v) is 7.77. The van der Waals surface area contributed by atoms with Gasteiger partial charge < -0.3 is 14.3 Å². The molecule has 1 aromatic carbocycles. The van der Waals surface area contributed by atoms with Gasteiger partial charge in [0.05, 0.1) is 11.1 Å². The first-order chi connectivity index (χ1) is 11.6. The van der Waals surface area contributed by atoms with Crippen LogP contribution in [-0.4, -0.2) is 52.8 Å². The van der Waals surface area contributed by atoms with Crippen molar-refractivity contribution in [3.8, 4) is 5.69 Å². The largest absolute Gasteiger partial charge is 0.354 e. The van der Waals surface area contributed by atoms with Crippen LogP contribution < -0.4 is 16.1 Å². The average Bonchev–Trinajstić information content (AvgIpc) is 2.99. The van der Waals surface area contributed by atoms with Gasteiger partial charge in [0.15, 0.2) is 11.4 Å². The molecular formula is C16H17N5O3. The first-order valence-electron chi connectivity index (χ1n) is 7.77. The third-order valence-corrected chi connectivity index (χ3v) is 4.34. The third-order valence-electron chi connectivity index (χ3n) is 4.34. The van der Waals surface area contributed by atoms with Gasteiger partial charge in [0.2, 0.25) is 0 Å². The highest BCUT2D eigenvalue weighted by Crippen LogP contribution is 2.28. The maximum atomic E-state index is 11.9. The summed E-state index contributed by atoms with van der Waals surface area (Å²) in [5, 5.41) is 5.12. The van der Waals surface area contributed by atoms with E-state index >= 15 is 0 Å². The Balaban J connectivity index is 1.73. The van der Waals surface area contributed by atoms with Crippen molar-refractivity contribution in [2.24, 2.45) is 0 Å². The van der Waals surface area contributed by atoms with Gasteiger partial charge in [-0.15, -0.1) is 0 Å². The number of H-pyrrole nitrogens is 1. The Morgan fingerprint density at radius 1 is 1.12 bits per heavy atom. The Labute approximate surface area is 136 Å². The van der Waals surface area contributed by atoms with Crippen molar-refractivity contribution in [2.75, 3.05) is 38.1 Å². The normalized spacial score (nSPS) is 16.0. The molecule has 124 valence electrons. The molecule has 24 heavy (non-hydrogen) atoms. The van der Waals surface area contributed by atoms with Crippen molar-refractivity contribution >= 4 is 16.8 Å². The van der Waals surface area contributed by atoms with E-state index in [1.807, 2.05) is 12.1 Å². The predicted octanol–water partition coefficient (Wildman–Crippen LogP) is 0.419. The highest BCUT2D eigenvalue weighted by atomic mass is 16.5. The van der Waals surface area contributed by atoms with Crippen LogP contribution in [0.5, 0.6) is 0 Å². The molecule has 2 aromatic heterocycles. The van der Waals surface area contributed by atoms with Crippen LogP contribution in [0.1, 0.15) is 0 Å². The number of rotatable bonds is 2. The summed E-state index contributed by atoms with van der Waals surface area (Å²) in [5.41, 5.74) is 0.319. The second-order valence-corrected chi connectivity index (χ2v) is 5.96. The molecule has 8 nitrogen and oxygen atoms in total. The van der Waals surface area contributed by atoms with Gasteiger partial charge in [0.1, 0.15) is 0 Å². The Morgan fingerprint density at radius 3 is 2.67 bits per heavy atom. The molecule has 8 heteroatoms. The van der Waals surface area contributed by atoms with Gasteiger partial charge in [-0.05, 0) is 19.2 Å². The molecule has 0 amide bonds. The summed E-state index contributed by atoms with van der Waals surface area (Å²) in [5.74, 6) is 0.832. The molecular weight excluding hydrogens is 310 g/mol. The maximum Gasteiger partial charge on any atom is 0.332 e. The van der Waals surface area contributed by atoms with Gasteiger partial charge in [-0.3, -0.25) is 14.3 Å². The molecule has 0 saturated carbocycles. The van der Waals surface area contributed by atoms with Gasteiger partial charge >= 0.3 is 5.69 Å². The van der Waals surface area contributed by atoms with Gasteiger partial charge in [-0.1, -0.05) is 5.16 Å². The fourth-order valence-corrected chi connectivity index (χ4v) is 2.93. The van der Waals surface area contributed by atoms with E-state index in [1.165, 1.54) is 16.8 Å². The highest BCUT2D eigenvalue weighted by molar-refractivity contribution is 5.89. The van der Waals surface area contributed by atoms with Gasteiger partial charge in [-0.25, -0.2) is 4.79 Å². The first kappa shape index (κ1) is 14.7. The van der Waals surface area contributed by atoms with E-state index in [1.54, 1.807) is 6.07 Å². The number of aromatic nitrogens is 3. The smallest absolute Gasteiger partial charge is 0.332 e. The average molecular weight is 327 g/mol. The number of hydrogen-bond donors (Lipinski definition) is 1. The molecule has 4 rings (SSSR count). The minimum absolute atomic E-state index is 0.422. The quantitative estimate of drug-likeness (QED) is 0.734. The fraction of sp³-hybridized carbons (Fsp3) is 0.312. The van der Waals surface area contributed by atoms with E-state index in [0.29, 0.717) is 11.3 Å². The molecule has 0 atom stereocenters. The minimum atomic E-state index is -0.486. The van der Waals surface area contributed by atoms with E-state index in [0.717, 1.165) is 37.4 Å². The third kappa shape index (κ3) is 2.50. The molecule has 0 radical (unpaired) electrons. The molecule has 1 aliphatic heterocycles. The van der Waals surface area contributed by atoms with Crippen LogP contribution >= 0.6 is 0 Å². The van der Waals surface area contributed by atoms with Gasteiger partial charge in [0.25, 0.3) is 5.56 Å². The Hall–Kier alpha value is -2.87. The number of fused-ring (bicyclic) bond motifs is 1. The zero-order valence-corrected chi connectivity index (χ0v) is 13.2. The number of anilines is 1. The molecule has 0 bridgehead atoms. The predicted molar refractivity (Wildman–Crippen MR) is 89.9 cm³/mol. The molecule has 0 aliphatic carbocycles. The standard InChI is InChI=1S/C16H17N5O3/c1-19-6-8-20(9-7-19)15-12-3-2-11(10-13(12)24-18-15)21-5-4-14(22)17-16(21)23/h2-5,10H,6-9H2,1H3,(H,17,22,23). The fourth-order valence-electron chi connectivity index (χ4n) is 2.93. The number of benzene rings is 1. The van der Waals surface area contributed by atoms with Crippen molar-refractivity contribution < 1.29 is 4.52 Å². The lowest BCUT2D eigenvalue weighted by Crippen LogP contribution is -2.44. The Morgan fingerprint density at radius 2 is 1.92 bits per heavy atom. The number of nitrogens with zero attached hydrogens (tertiary/aromatic N) is 4. The second-order valence-electron chi connectivity index (χ2n) is 5.96. The summed E-state index contributed by atoms with van der Waals surface area (Å²) >= 11 is 0. The van der Waals surface area contributed by atoms with E-state index in [4.69, 9.17) is 4.52 Å². The molecule has 0 spiro atoms. The van der Waals surface area contributed by atoms with Crippen LogP contribution in [0.15, 0.2) is 44.6 Å². The van der Waals surface area contributed by atoms with Crippen LogP contribution in [-0.2, 0) is 0 Å². The summed E-state index contributed by atoms with van der Waals surface area (Å²) < 4.78 is 6.82. The number of nitrogens with one attached hydrogen (secondary N) is 1. The van der Waals surface area contributed by atoms with Crippen molar-refractivity contribution in [1.29, 1.82) is 0 Å². The molecule has 1 aliphatic rings. The van der Waals surface area contributed by atoms with E-state index in [9.17, 15) is 9.59 Å². The van der Waals surface area contributed by atoms with E-state index < -0.39 is 11.2 Å². The summed E-state index contributed by atoms with van der Waals surface area (Å²) in [4.78, 5) is 29.8. The zero-order valence-electron chi connectivity index (χ0n) is 13.2. The SMILES string of the molecule is CN1CCN(c2noc3cc(-n4ccc(=O)[nH]c4=O)ccc23)CC1. The van der Waals surface area contributed by atoms with E-state index in [-0.39, 0.29) is 0 Å². The summed E-state index contributed by atoms with van der Waals surface area (Å²) in [6.45, 7) is 3.77. The van der Waals surface area contributed by atoms with Crippen LogP contribution in [0.2, 0.25) is 0 Å². The van der Waals surface area contributed by atoms with Gasteiger partial charge in [-0.2, -0.15) is 0 Å².